The molecular weight excluding hydrogens is 294 g/mol. The van der Waals surface area contributed by atoms with Gasteiger partial charge in [-0.1, -0.05) is 6.07 Å². The summed E-state index contributed by atoms with van der Waals surface area (Å²) in [6, 6.07) is 3.73. The first-order chi connectivity index (χ1) is 10.1. The maximum Gasteiger partial charge on any atom is 0.131 e. The Morgan fingerprint density at radius 3 is 2.57 bits per heavy atom. The minimum atomic E-state index is -1.10. The van der Waals surface area contributed by atoms with E-state index in [2.05, 4.69) is 0 Å². The van der Waals surface area contributed by atoms with Crippen molar-refractivity contribution in [2.45, 2.75) is 37.4 Å². The number of aliphatic hydroxyl groups is 1. The summed E-state index contributed by atoms with van der Waals surface area (Å²) < 4.78 is 33.7. The highest BCUT2D eigenvalue weighted by Gasteiger charge is 2.41. The average molecular weight is 314 g/mol. The van der Waals surface area contributed by atoms with Crippen molar-refractivity contribution in [3.05, 3.63) is 35.4 Å². The summed E-state index contributed by atoms with van der Waals surface area (Å²) in [6.07, 6.45) is 2.15. The molecule has 2 aliphatic rings. The smallest absolute Gasteiger partial charge is 0.131 e. The third kappa shape index (κ3) is 3.10. The molecule has 2 unspecified atom stereocenters. The molecule has 1 spiro atoms. The predicted octanol–water partition coefficient (Wildman–Crippen LogP) is 3.69. The van der Waals surface area contributed by atoms with Crippen molar-refractivity contribution in [3.63, 3.8) is 0 Å². The van der Waals surface area contributed by atoms with Crippen molar-refractivity contribution in [3.8, 4) is 0 Å². The van der Waals surface area contributed by atoms with Crippen LogP contribution in [0.5, 0.6) is 0 Å². The molecule has 2 nitrogen and oxygen atoms in total. The Kier molecular flexibility index (Phi) is 4.52. The maximum absolute atomic E-state index is 13.9. The molecule has 1 aromatic carbocycles. The molecule has 0 saturated carbocycles. The van der Waals surface area contributed by atoms with Crippen LogP contribution in [0.2, 0.25) is 0 Å². The minimum absolute atomic E-state index is 0.145. The van der Waals surface area contributed by atoms with Crippen LogP contribution < -0.4 is 0 Å². The molecule has 0 amide bonds. The van der Waals surface area contributed by atoms with Crippen LogP contribution in [0.3, 0.4) is 0 Å². The van der Waals surface area contributed by atoms with Crippen molar-refractivity contribution in [2.75, 3.05) is 18.1 Å². The normalized spacial score (nSPS) is 26.7. The van der Waals surface area contributed by atoms with Crippen molar-refractivity contribution >= 4 is 11.8 Å². The monoisotopic (exact) mass is 314 g/mol. The fourth-order valence-corrected chi connectivity index (χ4v) is 4.69. The number of benzene rings is 1. The highest BCUT2D eigenvalue weighted by molar-refractivity contribution is 7.99. The van der Waals surface area contributed by atoms with E-state index in [9.17, 15) is 13.9 Å². The van der Waals surface area contributed by atoms with Crippen LogP contribution >= 0.6 is 11.8 Å². The quantitative estimate of drug-likeness (QED) is 0.903. The van der Waals surface area contributed by atoms with Gasteiger partial charge in [0.25, 0.3) is 0 Å². The van der Waals surface area contributed by atoms with Crippen LogP contribution in [0.25, 0.3) is 0 Å². The molecule has 1 N–H and O–H groups in total. The second-order valence-corrected chi connectivity index (χ2v) is 7.20. The molecule has 3 rings (SSSR count). The maximum atomic E-state index is 13.9. The molecule has 2 aliphatic heterocycles. The number of ether oxygens (including phenoxy) is 1. The Bertz CT molecular complexity index is 477. The van der Waals surface area contributed by atoms with Crippen molar-refractivity contribution < 1.29 is 18.6 Å². The Balaban J connectivity index is 1.79. The van der Waals surface area contributed by atoms with E-state index in [1.54, 1.807) is 0 Å². The fraction of sp³-hybridized carbons (Fsp3) is 0.625. The fourth-order valence-electron chi connectivity index (χ4n) is 3.46. The van der Waals surface area contributed by atoms with Gasteiger partial charge in [0.1, 0.15) is 11.6 Å². The van der Waals surface area contributed by atoms with Gasteiger partial charge < -0.3 is 9.84 Å². The van der Waals surface area contributed by atoms with Crippen molar-refractivity contribution in [1.29, 1.82) is 0 Å². The van der Waals surface area contributed by atoms with E-state index in [4.69, 9.17) is 4.74 Å². The third-order valence-corrected chi connectivity index (χ3v) is 5.66. The SMILES string of the molecule is OC(c1c(F)cccc1F)C1CCOC2(CCSCC2)C1. The first-order valence-corrected chi connectivity index (χ1v) is 8.60. The van der Waals surface area contributed by atoms with Crippen LogP contribution in [-0.2, 0) is 4.74 Å². The lowest BCUT2D eigenvalue weighted by molar-refractivity contribution is -0.121. The Labute approximate surface area is 127 Å². The molecule has 116 valence electrons. The van der Waals surface area contributed by atoms with Gasteiger partial charge >= 0.3 is 0 Å². The van der Waals surface area contributed by atoms with E-state index in [0.29, 0.717) is 19.4 Å². The van der Waals surface area contributed by atoms with Gasteiger partial charge in [0, 0.05) is 6.61 Å². The minimum Gasteiger partial charge on any atom is -0.388 e. The summed E-state index contributed by atoms with van der Waals surface area (Å²) >= 11 is 1.91. The average Bonchev–Trinajstić information content (AvgIpc) is 2.48. The zero-order chi connectivity index (χ0) is 14.9. The number of hydrogen-bond donors (Lipinski definition) is 1. The Hall–Kier alpha value is -0.650. The highest BCUT2D eigenvalue weighted by atomic mass is 32.2. The summed E-state index contributed by atoms with van der Waals surface area (Å²) in [7, 11) is 0. The Morgan fingerprint density at radius 2 is 1.90 bits per heavy atom. The summed E-state index contributed by atoms with van der Waals surface area (Å²) in [5.74, 6) is 0.631. The van der Waals surface area contributed by atoms with Gasteiger partial charge in [-0.25, -0.2) is 8.78 Å². The van der Waals surface area contributed by atoms with Crippen LogP contribution in [-0.4, -0.2) is 28.8 Å². The molecular formula is C16H20F2O2S. The highest BCUT2D eigenvalue weighted by Crippen LogP contribution is 2.44. The molecule has 5 heteroatoms. The van der Waals surface area contributed by atoms with Crippen LogP contribution in [0.1, 0.15) is 37.4 Å². The predicted molar refractivity (Wildman–Crippen MR) is 79.3 cm³/mol. The molecule has 1 aromatic rings. The number of hydrogen-bond acceptors (Lipinski definition) is 3. The van der Waals surface area contributed by atoms with Gasteiger partial charge in [0.15, 0.2) is 0 Å². The zero-order valence-corrected chi connectivity index (χ0v) is 12.7. The molecule has 0 bridgehead atoms. The Morgan fingerprint density at radius 1 is 1.24 bits per heavy atom. The summed E-state index contributed by atoms with van der Waals surface area (Å²) in [4.78, 5) is 0. The molecule has 0 aromatic heterocycles. The number of aliphatic hydroxyl groups excluding tert-OH is 1. The van der Waals surface area contributed by atoms with Crippen LogP contribution in [0.4, 0.5) is 8.78 Å². The molecule has 21 heavy (non-hydrogen) atoms. The van der Waals surface area contributed by atoms with Gasteiger partial charge in [0.05, 0.1) is 17.3 Å². The number of halogens is 2. The molecule has 2 atom stereocenters. The van der Waals surface area contributed by atoms with E-state index >= 15 is 0 Å². The molecule has 2 fully saturated rings. The van der Waals surface area contributed by atoms with Crippen LogP contribution in [0.15, 0.2) is 18.2 Å². The lowest BCUT2D eigenvalue weighted by Gasteiger charge is -2.44. The lowest BCUT2D eigenvalue weighted by Crippen LogP contribution is -2.44. The van der Waals surface area contributed by atoms with E-state index in [0.717, 1.165) is 24.3 Å². The van der Waals surface area contributed by atoms with Gasteiger partial charge in [-0.15, -0.1) is 0 Å². The lowest BCUT2D eigenvalue weighted by atomic mass is 9.78. The van der Waals surface area contributed by atoms with E-state index in [1.807, 2.05) is 11.8 Å². The molecule has 0 aliphatic carbocycles. The zero-order valence-electron chi connectivity index (χ0n) is 11.9. The van der Waals surface area contributed by atoms with Crippen molar-refractivity contribution in [1.82, 2.24) is 0 Å². The van der Waals surface area contributed by atoms with E-state index < -0.39 is 17.7 Å². The topological polar surface area (TPSA) is 29.5 Å². The summed E-state index contributed by atoms with van der Waals surface area (Å²) in [5, 5.41) is 10.5. The van der Waals surface area contributed by atoms with Gasteiger partial charge in [-0.2, -0.15) is 11.8 Å². The number of rotatable bonds is 2. The second kappa shape index (κ2) is 6.23. The second-order valence-electron chi connectivity index (χ2n) is 5.98. The first-order valence-electron chi connectivity index (χ1n) is 7.45. The molecule has 2 heterocycles. The van der Waals surface area contributed by atoms with E-state index in [-0.39, 0.29) is 17.1 Å². The standard InChI is InChI=1S/C16H20F2O2S/c17-12-2-1-3-13(18)14(12)15(19)11-4-7-20-16(10-11)5-8-21-9-6-16/h1-3,11,15,19H,4-10H2. The van der Waals surface area contributed by atoms with Gasteiger partial charge in [0.2, 0.25) is 0 Å². The number of thioether (sulfide) groups is 1. The molecule has 0 radical (unpaired) electrons. The first kappa shape index (κ1) is 15.3. The van der Waals surface area contributed by atoms with Gasteiger partial charge in [-0.05, 0) is 55.2 Å². The van der Waals surface area contributed by atoms with E-state index in [1.165, 1.54) is 18.2 Å². The molecule has 2 saturated heterocycles. The van der Waals surface area contributed by atoms with Crippen molar-refractivity contribution in [2.24, 2.45) is 5.92 Å². The summed E-state index contributed by atoms with van der Waals surface area (Å²) in [5.41, 5.74) is -0.388. The summed E-state index contributed by atoms with van der Waals surface area (Å²) in [6.45, 7) is 0.558. The largest absolute Gasteiger partial charge is 0.388 e. The third-order valence-electron chi connectivity index (χ3n) is 4.68. The van der Waals surface area contributed by atoms with Crippen LogP contribution in [0, 0.1) is 17.6 Å². The van der Waals surface area contributed by atoms with Gasteiger partial charge in [-0.3, -0.25) is 0 Å².